The number of para-hydroxylation sites is 1. The molecule has 0 unspecified atom stereocenters. The minimum Gasteiger partial charge on any atom is -0.470 e. The Hall–Kier alpha value is -2.01. The van der Waals surface area contributed by atoms with Gasteiger partial charge in [0, 0.05) is 12.7 Å². The summed E-state index contributed by atoms with van der Waals surface area (Å²) in [6.45, 7) is 1.00. The minimum absolute atomic E-state index is 0.0905. The van der Waals surface area contributed by atoms with Crippen molar-refractivity contribution in [2.24, 2.45) is 23.2 Å². The number of amides is 1. The standard InChI is InChI=1S/C22H26ClN3O2/c23-18-3-1-2-4-20(18)28-14-26-6-5-19(25-26)21(27)24-13-22-10-15-7-16(11-22)9-17(8-15)12-22/h1-6,15-17H,7-14H2,(H,24,27). The fourth-order valence-corrected chi connectivity index (χ4v) is 6.31. The summed E-state index contributed by atoms with van der Waals surface area (Å²) in [6, 6.07) is 9.06. The fourth-order valence-electron chi connectivity index (χ4n) is 6.12. The molecule has 1 heterocycles. The number of ether oxygens (including phenoxy) is 1. The minimum atomic E-state index is -0.0905. The zero-order valence-corrected chi connectivity index (χ0v) is 16.7. The second kappa shape index (κ2) is 7.11. The van der Waals surface area contributed by atoms with E-state index in [1.807, 2.05) is 18.2 Å². The second-order valence-electron chi connectivity index (χ2n) is 9.04. The van der Waals surface area contributed by atoms with Gasteiger partial charge in [0.1, 0.15) is 11.4 Å². The molecule has 2 aromatic rings. The van der Waals surface area contributed by atoms with E-state index < -0.39 is 0 Å². The first-order valence-corrected chi connectivity index (χ1v) is 10.7. The smallest absolute Gasteiger partial charge is 0.271 e. The van der Waals surface area contributed by atoms with Crippen molar-refractivity contribution in [3.8, 4) is 5.75 Å². The molecule has 1 aromatic heterocycles. The number of nitrogens with zero attached hydrogens (tertiary/aromatic N) is 2. The van der Waals surface area contributed by atoms with Crippen LogP contribution >= 0.6 is 11.6 Å². The van der Waals surface area contributed by atoms with Crippen LogP contribution in [-0.4, -0.2) is 22.2 Å². The highest BCUT2D eigenvalue weighted by Gasteiger charge is 2.50. The molecule has 0 radical (unpaired) electrons. The van der Waals surface area contributed by atoms with Crippen molar-refractivity contribution >= 4 is 17.5 Å². The van der Waals surface area contributed by atoms with Crippen LogP contribution in [0.1, 0.15) is 49.0 Å². The normalized spacial score (nSPS) is 30.4. The van der Waals surface area contributed by atoms with Crippen LogP contribution in [0.5, 0.6) is 5.75 Å². The predicted molar refractivity (Wildman–Crippen MR) is 107 cm³/mol. The zero-order valence-electron chi connectivity index (χ0n) is 15.9. The Morgan fingerprint density at radius 1 is 1.14 bits per heavy atom. The zero-order chi connectivity index (χ0) is 19.1. The van der Waals surface area contributed by atoms with Crippen molar-refractivity contribution in [2.45, 2.75) is 45.3 Å². The molecule has 0 atom stereocenters. The van der Waals surface area contributed by atoms with Gasteiger partial charge in [-0.15, -0.1) is 0 Å². The molecule has 5 nitrogen and oxygen atoms in total. The van der Waals surface area contributed by atoms with Gasteiger partial charge in [0.25, 0.3) is 5.91 Å². The maximum absolute atomic E-state index is 12.6. The van der Waals surface area contributed by atoms with Crippen molar-refractivity contribution in [1.29, 1.82) is 0 Å². The Labute approximate surface area is 170 Å². The van der Waals surface area contributed by atoms with E-state index in [4.69, 9.17) is 16.3 Å². The molecule has 0 spiro atoms. The monoisotopic (exact) mass is 399 g/mol. The summed E-state index contributed by atoms with van der Waals surface area (Å²) in [5.41, 5.74) is 0.771. The highest BCUT2D eigenvalue weighted by atomic mass is 35.5. The van der Waals surface area contributed by atoms with E-state index >= 15 is 0 Å². The fraction of sp³-hybridized carbons (Fsp3) is 0.545. The van der Waals surface area contributed by atoms with Crippen LogP contribution in [0.4, 0.5) is 0 Å². The Morgan fingerprint density at radius 2 is 1.82 bits per heavy atom. The molecule has 0 aliphatic heterocycles. The van der Waals surface area contributed by atoms with Gasteiger partial charge in [-0.1, -0.05) is 23.7 Å². The molecule has 6 heteroatoms. The second-order valence-corrected chi connectivity index (χ2v) is 9.45. The average molecular weight is 400 g/mol. The van der Waals surface area contributed by atoms with E-state index in [9.17, 15) is 4.79 Å². The van der Waals surface area contributed by atoms with Gasteiger partial charge < -0.3 is 10.1 Å². The molecule has 4 bridgehead atoms. The molecule has 4 saturated carbocycles. The highest BCUT2D eigenvalue weighted by Crippen LogP contribution is 2.59. The Bertz CT molecular complexity index is 843. The molecule has 1 N–H and O–H groups in total. The lowest BCUT2D eigenvalue weighted by Crippen LogP contribution is -2.51. The van der Waals surface area contributed by atoms with E-state index in [1.165, 1.54) is 38.5 Å². The lowest BCUT2D eigenvalue weighted by molar-refractivity contribution is -0.0503. The van der Waals surface area contributed by atoms with E-state index in [0.717, 1.165) is 24.3 Å². The average Bonchev–Trinajstić information content (AvgIpc) is 3.14. The van der Waals surface area contributed by atoms with Gasteiger partial charge in [-0.05, 0) is 79.9 Å². The number of carbonyl (C=O) groups excluding carboxylic acids is 1. The van der Waals surface area contributed by atoms with Gasteiger partial charge in [-0.25, -0.2) is 4.68 Å². The summed E-state index contributed by atoms with van der Waals surface area (Å²) in [4.78, 5) is 12.6. The number of aromatic nitrogens is 2. The summed E-state index contributed by atoms with van der Waals surface area (Å²) < 4.78 is 7.29. The number of benzene rings is 1. The topological polar surface area (TPSA) is 56.2 Å². The third kappa shape index (κ3) is 3.52. The first-order valence-electron chi connectivity index (χ1n) is 10.3. The van der Waals surface area contributed by atoms with Gasteiger partial charge in [-0.2, -0.15) is 5.10 Å². The van der Waals surface area contributed by atoms with Crippen molar-refractivity contribution in [1.82, 2.24) is 15.1 Å². The first kappa shape index (κ1) is 18.0. The molecule has 6 rings (SSSR count). The van der Waals surface area contributed by atoms with Crippen LogP contribution in [0.3, 0.4) is 0 Å². The maximum Gasteiger partial charge on any atom is 0.271 e. The van der Waals surface area contributed by atoms with E-state index in [-0.39, 0.29) is 12.6 Å². The Kier molecular flexibility index (Phi) is 4.58. The number of carbonyl (C=O) groups is 1. The summed E-state index contributed by atoms with van der Waals surface area (Å²) in [6.07, 6.45) is 9.89. The van der Waals surface area contributed by atoms with Gasteiger partial charge in [0.05, 0.1) is 5.02 Å². The molecule has 4 aliphatic rings. The number of halogens is 1. The third-order valence-electron chi connectivity index (χ3n) is 6.85. The number of rotatable bonds is 6. The Balaban J connectivity index is 1.17. The largest absolute Gasteiger partial charge is 0.470 e. The molecular formula is C22H26ClN3O2. The lowest BCUT2D eigenvalue weighted by atomic mass is 9.49. The molecule has 1 aromatic carbocycles. The molecule has 1 amide bonds. The Morgan fingerprint density at radius 3 is 2.50 bits per heavy atom. The summed E-state index contributed by atoms with van der Waals surface area (Å²) >= 11 is 6.10. The van der Waals surface area contributed by atoms with Crippen molar-refractivity contribution in [3.63, 3.8) is 0 Å². The molecule has 148 valence electrons. The highest BCUT2D eigenvalue weighted by molar-refractivity contribution is 6.32. The van der Waals surface area contributed by atoms with Crippen LogP contribution in [0.25, 0.3) is 0 Å². The lowest BCUT2D eigenvalue weighted by Gasteiger charge is -2.56. The van der Waals surface area contributed by atoms with Crippen LogP contribution < -0.4 is 10.1 Å². The molecule has 28 heavy (non-hydrogen) atoms. The van der Waals surface area contributed by atoms with Crippen molar-refractivity contribution in [3.05, 3.63) is 47.2 Å². The molecular weight excluding hydrogens is 374 g/mol. The molecule has 4 fully saturated rings. The predicted octanol–water partition coefficient (Wildman–Crippen LogP) is 4.52. The summed E-state index contributed by atoms with van der Waals surface area (Å²) in [5.74, 6) is 3.19. The van der Waals surface area contributed by atoms with Crippen LogP contribution in [0.2, 0.25) is 5.02 Å². The van der Waals surface area contributed by atoms with Crippen molar-refractivity contribution < 1.29 is 9.53 Å². The molecule has 4 aliphatic carbocycles. The van der Waals surface area contributed by atoms with E-state index in [0.29, 0.717) is 21.9 Å². The van der Waals surface area contributed by atoms with E-state index in [2.05, 4.69) is 10.4 Å². The number of nitrogens with one attached hydrogen (secondary N) is 1. The van der Waals surface area contributed by atoms with E-state index in [1.54, 1.807) is 23.0 Å². The first-order chi connectivity index (χ1) is 13.6. The van der Waals surface area contributed by atoms with Gasteiger partial charge >= 0.3 is 0 Å². The third-order valence-corrected chi connectivity index (χ3v) is 7.16. The van der Waals surface area contributed by atoms with Gasteiger partial charge in [0.15, 0.2) is 6.73 Å². The van der Waals surface area contributed by atoms with Crippen molar-refractivity contribution in [2.75, 3.05) is 6.54 Å². The quantitative estimate of drug-likeness (QED) is 0.776. The van der Waals surface area contributed by atoms with Crippen LogP contribution in [-0.2, 0) is 6.73 Å². The number of hydrogen-bond acceptors (Lipinski definition) is 3. The number of hydrogen-bond donors (Lipinski definition) is 1. The summed E-state index contributed by atoms with van der Waals surface area (Å²) in [5, 5.41) is 8.09. The maximum atomic E-state index is 12.6. The van der Waals surface area contributed by atoms with Crippen LogP contribution in [0, 0.1) is 23.2 Å². The van der Waals surface area contributed by atoms with Gasteiger partial charge in [-0.3, -0.25) is 4.79 Å². The SMILES string of the molecule is O=C(NCC12CC3CC(CC(C3)C1)C2)c1ccn(COc2ccccc2Cl)n1. The summed E-state index contributed by atoms with van der Waals surface area (Å²) in [7, 11) is 0. The molecule has 0 saturated heterocycles. The van der Waals surface area contributed by atoms with Crippen LogP contribution in [0.15, 0.2) is 36.5 Å². The van der Waals surface area contributed by atoms with Gasteiger partial charge in [0.2, 0.25) is 0 Å².